The molecule has 4 nitrogen and oxygen atoms in total. The van der Waals surface area contributed by atoms with E-state index in [2.05, 4.69) is 35.4 Å². The topological polar surface area (TPSA) is 45.2 Å². The highest BCUT2D eigenvalue weighted by molar-refractivity contribution is 5.88. The van der Waals surface area contributed by atoms with E-state index in [1.807, 2.05) is 23.1 Å². The standard InChI is InChI=1S/C17H19N3O/c1-13-5-4-6-14(11-13)12-20(15-8-9-15)17(21)19-16-7-2-3-10-18-16/h2-7,10-11,15H,8-9,12H2,1H3,(H,18,19,21). The van der Waals surface area contributed by atoms with Gasteiger partial charge < -0.3 is 4.90 Å². The van der Waals surface area contributed by atoms with Crippen LogP contribution in [0.4, 0.5) is 10.6 Å². The summed E-state index contributed by atoms with van der Waals surface area (Å²) in [5.41, 5.74) is 2.38. The van der Waals surface area contributed by atoms with Crippen molar-refractivity contribution in [1.82, 2.24) is 9.88 Å². The van der Waals surface area contributed by atoms with Gasteiger partial charge in [-0.15, -0.1) is 0 Å². The fourth-order valence-electron chi connectivity index (χ4n) is 2.38. The normalized spacial score (nSPS) is 13.8. The maximum absolute atomic E-state index is 12.5. The second-order valence-corrected chi connectivity index (χ2v) is 5.49. The summed E-state index contributed by atoms with van der Waals surface area (Å²) >= 11 is 0. The monoisotopic (exact) mass is 281 g/mol. The lowest BCUT2D eigenvalue weighted by Crippen LogP contribution is -2.36. The molecule has 1 N–H and O–H groups in total. The maximum atomic E-state index is 12.5. The van der Waals surface area contributed by atoms with E-state index in [1.54, 1.807) is 12.3 Å². The molecule has 1 saturated carbocycles. The van der Waals surface area contributed by atoms with Gasteiger partial charge in [0, 0.05) is 18.8 Å². The Morgan fingerprint density at radius 3 is 2.81 bits per heavy atom. The van der Waals surface area contributed by atoms with Crippen LogP contribution in [0.15, 0.2) is 48.7 Å². The quantitative estimate of drug-likeness (QED) is 0.931. The van der Waals surface area contributed by atoms with Crippen LogP contribution < -0.4 is 5.32 Å². The Morgan fingerprint density at radius 2 is 2.14 bits per heavy atom. The predicted octanol–water partition coefficient (Wildman–Crippen LogP) is 3.59. The highest BCUT2D eigenvalue weighted by Gasteiger charge is 2.32. The van der Waals surface area contributed by atoms with Crippen molar-refractivity contribution in [1.29, 1.82) is 0 Å². The van der Waals surface area contributed by atoms with Crippen molar-refractivity contribution >= 4 is 11.8 Å². The highest BCUT2D eigenvalue weighted by atomic mass is 16.2. The Labute approximate surface area is 124 Å². The van der Waals surface area contributed by atoms with Crippen LogP contribution in [0.1, 0.15) is 24.0 Å². The fraction of sp³-hybridized carbons (Fsp3) is 0.294. The number of benzene rings is 1. The number of anilines is 1. The van der Waals surface area contributed by atoms with Gasteiger partial charge in [0.1, 0.15) is 5.82 Å². The fourth-order valence-corrected chi connectivity index (χ4v) is 2.38. The third-order valence-corrected chi connectivity index (χ3v) is 3.58. The molecule has 4 heteroatoms. The maximum Gasteiger partial charge on any atom is 0.323 e. The summed E-state index contributed by atoms with van der Waals surface area (Å²) < 4.78 is 0. The summed E-state index contributed by atoms with van der Waals surface area (Å²) in [6.45, 7) is 2.71. The number of carbonyl (C=O) groups excluding carboxylic acids is 1. The third-order valence-electron chi connectivity index (χ3n) is 3.58. The van der Waals surface area contributed by atoms with E-state index in [9.17, 15) is 4.79 Å². The van der Waals surface area contributed by atoms with Crippen LogP contribution >= 0.6 is 0 Å². The molecule has 0 bridgehead atoms. The summed E-state index contributed by atoms with van der Waals surface area (Å²) in [6, 6.07) is 14.1. The Balaban J connectivity index is 1.71. The van der Waals surface area contributed by atoms with Crippen molar-refractivity contribution in [2.75, 3.05) is 5.32 Å². The van der Waals surface area contributed by atoms with Gasteiger partial charge in [-0.3, -0.25) is 5.32 Å². The van der Waals surface area contributed by atoms with Crippen LogP contribution in [-0.2, 0) is 6.54 Å². The van der Waals surface area contributed by atoms with Gasteiger partial charge >= 0.3 is 6.03 Å². The molecule has 1 aromatic heterocycles. The summed E-state index contributed by atoms with van der Waals surface area (Å²) in [7, 11) is 0. The number of urea groups is 1. The molecule has 0 atom stereocenters. The zero-order chi connectivity index (χ0) is 14.7. The van der Waals surface area contributed by atoms with Gasteiger partial charge in [0.2, 0.25) is 0 Å². The molecule has 0 radical (unpaired) electrons. The lowest BCUT2D eigenvalue weighted by atomic mass is 10.1. The van der Waals surface area contributed by atoms with Crippen molar-refractivity contribution in [2.24, 2.45) is 0 Å². The Kier molecular flexibility index (Phi) is 3.86. The molecule has 2 aromatic rings. The number of amides is 2. The zero-order valence-corrected chi connectivity index (χ0v) is 12.1. The summed E-state index contributed by atoms with van der Waals surface area (Å²) in [5.74, 6) is 0.595. The van der Waals surface area contributed by atoms with E-state index < -0.39 is 0 Å². The molecule has 21 heavy (non-hydrogen) atoms. The third kappa shape index (κ3) is 3.60. The molecule has 0 aliphatic heterocycles. The second-order valence-electron chi connectivity index (χ2n) is 5.49. The predicted molar refractivity (Wildman–Crippen MR) is 83.0 cm³/mol. The number of rotatable bonds is 4. The lowest BCUT2D eigenvalue weighted by molar-refractivity contribution is 0.206. The second kappa shape index (κ2) is 5.95. The van der Waals surface area contributed by atoms with Gasteiger partial charge in [-0.2, -0.15) is 0 Å². The van der Waals surface area contributed by atoms with Crippen LogP contribution in [0, 0.1) is 6.92 Å². The number of hydrogen-bond donors (Lipinski definition) is 1. The molecule has 1 aliphatic carbocycles. The molecule has 3 rings (SSSR count). The van der Waals surface area contributed by atoms with Gasteiger partial charge in [0.25, 0.3) is 0 Å². The van der Waals surface area contributed by atoms with Crippen molar-refractivity contribution in [3.8, 4) is 0 Å². The Bertz CT molecular complexity index is 623. The number of aryl methyl sites for hydroxylation is 1. The molecule has 0 saturated heterocycles. The number of hydrogen-bond acceptors (Lipinski definition) is 2. The number of nitrogens with one attached hydrogen (secondary N) is 1. The van der Waals surface area contributed by atoms with E-state index in [-0.39, 0.29) is 6.03 Å². The molecule has 108 valence electrons. The first kappa shape index (κ1) is 13.6. The van der Waals surface area contributed by atoms with Crippen molar-refractivity contribution in [3.63, 3.8) is 0 Å². The van der Waals surface area contributed by atoms with Crippen molar-refractivity contribution in [2.45, 2.75) is 32.4 Å². The van der Waals surface area contributed by atoms with Crippen molar-refractivity contribution < 1.29 is 4.79 Å². The Hall–Kier alpha value is -2.36. The van der Waals surface area contributed by atoms with E-state index in [4.69, 9.17) is 0 Å². The summed E-state index contributed by atoms with van der Waals surface area (Å²) in [4.78, 5) is 18.5. The number of pyridine rings is 1. The molecular weight excluding hydrogens is 262 g/mol. The molecule has 0 spiro atoms. The molecule has 0 unspecified atom stereocenters. The first-order valence-corrected chi connectivity index (χ1v) is 7.26. The number of nitrogens with zero attached hydrogens (tertiary/aromatic N) is 2. The van der Waals surface area contributed by atoms with Gasteiger partial charge in [-0.1, -0.05) is 35.9 Å². The first-order chi connectivity index (χ1) is 10.2. The molecule has 1 fully saturated rings. The van der Waals surface area contributed by atoms with Crippen LogP contribution in [0.3, 0.4) is 0 Å². The van der Waals surface area contributed by atoms with Crippen LogP contribution in [0.25, 0.3) is 0 Å². The largest absolute Gasteiger partial charge is 0.323 e. The number of aromatic nitrogens is 1. The minimum atomic E-state index is -0.0716. The summed E-state index contributed by atoms with van der Waals surface area (Å²) in [5, 5.41) is 2.87. The SMILES string of the molecule is Cc1cccc(CN(C(=O)Nc2ccccn2)C2CC2)c1. The van der Waals surface area contributed by atoms with E-state index in [1.165, 1.54) is 5.56 Å². The molecule has 1 heterocycles. The molecule has 1 aliphatic rings. The van der Waals surface area contributed by atoms with Crippen LogP contribution in [-0.4, -0.2) is 22.0 Å². The van der Waals surface area contributed by atoms with E-state index in [0.29, 0.717) is 18.4 Å². The number of carbonyl (C=O) groups is 1. The van der Waals surface area contributed by atoms with Crippen LogP contribution in [0.5, 0.6) is 0 Å². The molecular formula is C17H19N3O. The zero-order valence-electron chi connectivity index (χ0n) is 12.1. The highest BCUT2D eigenvalue weighted by Crippen LogP contribution is 2.29. The van der Waals surface area contributed by atoms with Gasteiger partial charge in [-0.25, -0.2) is 9.78 Å². The minimum Gasteiger partial charge on any atom is -0.317 e. The van der Waals surface area contributed by atoms with Gasteiger partial charge in [-0.05, 0) is 37.5 Å². The molecule has 1 aromatic carbocycles. The van der Waals surface area contributed by atoms with Gasteiger partial charge in [0.05, 0.1) is 0 Å². The molecule has 2 amide bonds. The van der Waals surface area contributed by atoms with Crippen molar-refractivity contribution in [3.05, 3.63) is 59.8 Å². The average Bonchev–Trinajstić information content (AvgIpc) is 3.30. The van der Waals surface area contributed by atoms with E-state index >= 15 is 0 Å². The Morgan fingerprint density at radius 1 is 1.29 bits per heavy atom. The average molecular weight is 281 g/mol. The smallest absolute Gasteiger partial charge is 0.317 e. The first-order valence-electron chi connectivity index (χ1n) is 7.26. The van der Waals surface area contributed by atoms with Crippen LogP contribution in [0.2, 0.25) is 0 Å². The minimum absolute atomic E-state index is 0.0716. The van der Waals surface area contributed by atoms with E-state index in [0.717, 1.165) is 18.4 Å². The van der Waals surface area contributed by atoms with Gasteiger partial charge in [0.15, 0.2) is 0 Å². The lowest BCUT2D eigenvalue weighted by Gasteiger charge is -2.23. The summed E-state index contributed by atoms with van der Waals surface area (Å²) in [6.07, 6.45) is 3.85.